The summed E-state index contributed by atoms with van der Waals surface area (Å²) >= 11 is 4.10. The number of rotatable bonds is 6. The highest BCUT2D eigenvalue weighted by Crippen LogP contribution is 2.23. The molecule has 0 atom stereocenters. The molecule has 0 spiro atoms. The van der Waals surface area contributed by atoms with Crippen LogP contribution >= 0.6 is 12.6 Å². The fourth-order valence-electron chi connectivity index (χ4n) is 1.33. The summed E-state index contributed by atoms with van der Waals surface area (Å²) in [4.78, 5) is 10.2. The summed E-state index contributed by atoms with van der Waals surface area (Å²) in [5, 5.41) is 10.6. The van der Waals surface area contributed by atoms with Gasteiger partial charge in [-0.3, -0.25) is 10.1 Å². The molecule has 1 aromatic carbocycles. The van der Waals surface area contributed by atoms with E-state index in [0.29, 0.717) is 17.9 Å². The van der Waals surface area contributed by atoms with Crippen LogP contribution in [0, 0.1) is 17.0 Å². The van der Waals surface area contributed by atoms with Crippen LogP contribution in [0.4, 0.5) is 5.69 Å². The third-order valence-corrected chi connectivity index (χ3v) is 2.50. The smallest absolute Gasteiger partial charge is 0.272 e. The summed E-state index contributed by atoms with van der Waals surface area (Å²) in [5.41, 5.74) is 0.749. The zero-order valence-corrected chi connectivity index (χ0v) is 10.1. The maximum atomic E-state index is 10.6. The number of nitro benzene ring substituents is 1. The van der Waals surface area contributed by atoms with Crippen molar-refractivity contribution >= 4 is 18.3 Å². The molecule has 0 radical (unpaired) electrons. The Bertz CT molecular complexity index is 368. The van der Waals surface area contributed by atoms with Crippen LogP contribution in [0.25, 0.3) is 0 Å². The van der Waals surface area contributed by atoms with Crippen molar-refractivity contribution < 1.29 is 9.66 Å². The molecule has 0 heterocycles. The largest absolute Gasteiger partial charge is 0.494 e. The lowest BCUT2D eigenvalue weighted by Crippen LogP contribution is -1.99. The van der Waals surface area contributed by atoms with E-state index in [0.717, 1.165) is 18.6 Å². The number of thiol groups is 1. The molecule has 0 aliphatic heterocycles. The minimum atomic E-state index is -0.389. The standard InChI is InChI=1S/C11H15NO3S/c1-9-8-10(15-6-2-3-7-16)4-5-11(9)12(13)14/h4-5,8,16H,2-3,6-7H2,1H3. The van der Waals surface area contributed by atoms with E-state index in [2.05, 4.69) is 12.6 Å². The highest BCUT2D eigenvalue weighted by atomic mass is 32.1. The molecule has 16 heavy (non-hydrogen) atoms. The molecular formula is C11H15NO3S. The van der Waals surface area contributed by atoms with Crippen molar-refractivity contribution in [1.82, 2.24) is 0 Å². The van der Waals surface area contributed by atoms with E-state index in [1.807, 2.05) is 0 Å². The Hall–Kier alpha value is -1.23. The van der Waals surface area contributed by atoms with Gasteiger partial charge in [-0.05, 0) is 37.7 Å². The Morgan fingerprint density at radius 2 is 2.19 bits per heavy atom. The Balaban J connectivity index is 2.56. The van der Waals surface area contributed by atoms with Gasteiger partial charge >= 0.3 is 0 Å². The normalized spacial score (nSPS) is 10.1. The van der Waals surface area contributed by atoms with Crippen LogP contribution in [-0.2, 0) is 0 Å². The highest BCUT2D eigenvalue weighted by Gasteiger charge is 2.10. The molecule has 0 aliphatic carbocycles. The van der Waals surface area contributed by atoms with Gasteiger partial charge in [0.05, 0.1) is 11.5 Å². The van der Waals surface area contributed by atoms with E-state index in [-0.39, 0.29) is 10.6 Å². The lowest BCUT2D eigenvalue weighted by atomic mass is 10.2. The first-order chi connectivity index (χ1) is 7.65. The number of hydrogen-bond donors (Lipinski definition) is 1. The number of unbranched alkanes of at least 4 members (excludes halogenated alkanes) is 1. The monoisotopic (exact) mass is 241 g/mol. The first-order valence-electron chi connectivity index (χ1n) is 5.14. The van der Waals surface area contributed by atoms with Crippen LogP contribution in [0.15, 0.2) is 18.2 Å². The Morgan fingerprint density at radius 3 is 2.75 bits per heavy atom. The van der Waals surface area contributed by atoms with Crippen molar-refractivity contribution in [3.8, 4) is 5.75 Å². The van der Waals surface area contributed by atoms with Crippen molar-refractivity contribution in [3.63, 3.8) is 0 Å². The molecule has 0 saturated carbocycles. The maximum absolute atomic E-state index is 10.6. The van der Waals surface area contributed by atoms with Gasteiger partial charge in [0.25, 0.3) is 5.69 Å². The van der Waals surface area contributed by atoms with Crippen LogP contribution < -0.4 is 4.74 Å². The van der Waals surface area contributed by atoms with Gasteiger partial charge < -0.3 is 4.74 Å². The van der Waals surface area contributed by atoms with Gasteiger partial charge in [0.1, 0.15) is 5.75 Å². The average Bonchev–Trinajstić information content (AvgIpc) is 2.24. The van der Waals surface area contributed by atoms with Crippen molar-refractivity contribution in [2.45, 2.75) is 19.8 Å². The van der Waals surface area contributed by atoms with Gasteiger partial charge in [0.2, 0.25) is 0 Å². The molecule has 1 rings (SSSR count). The first kappa shape index (κ1) is 12.8. The van der Waals surface area contributed by atoms with Gasteiger partial charge in [-0.2, -0.15) is 12.6 Å². The lowest BCUT2D eigenvalue weighted by Gasteiger charge is -2.06. The fourth-order valence-corrected chi connectivity index (χ4v) is 1.55. The molecule has 0 bridgehead atoms. The number of nitro groups is 1. The van der Waals surface area contributed by atoms with E-state index in [9.17, 15) is 10.1 Å². The van der Waals surface area contributed by atoms with Crippen molar-refractivity contribution in [2.24, 2.45) is 0 Å². The number of benzene rings is 1. The number of aryl methyl sites for hydroxylation is 1. The van der Waals surface area contributed by atoms with Crippen molar-refractivity contribution in [3.05, 3.63) is 33.9 Å². The quantitative estimate of drug-likeness (QED) is 0.360. The van der Waals surface area contributed by atoms with Crippen LogP contribution in [0.5, 0.6) is 5.75 Å². The van der Waals surface area contributed by atoms with E-state index in [1.54, 1.807) is 19.1 Å². The second kappa shape index (κ2) is 6.37. The molecule has 4 nitrogen and oxygen atoms in total. The minimum absolute atomic E-state index is 0.128. The van der Waals surface area contributed by atoms with Gasteiger partial charge in [-0.1, -0.05) is 0 Å². The van der Waals surface area contributed by atoms with Crippen LogP contribution in [0.2, 0.25) is 0 Å². The topological polar surface area (TPSA) is 52.4 Å². The van der Waals surface area contributed by atoms with E-state index in [4.69, 9.17) is 4.74 Å². The number of ether oxygens (including phenoxy) is 1. The number of hydrogen-bond acceptors (Lipinski definition) is 4. The predicted molar refractivity (Wildman–Crippen MR) is 66.4 cm³/mol. The van der Waals surface area contributed by atoms with Crippen LogP contribution in [0.1, 0.15) is 18.4 Å². The predicted octanol–water partition coefficient (Wildman–Crippen LogP) is 2.99. The van der Waals surface area contributed by atoms with Crippen molar-refractivity contribution in [1.29, 1.82) is 0 Å². The SMILES string of the molecule is Cc1cc(OCCCCS)ccc1[N+](=O)[O-]. The van der Waals surface area contributed by atoms with Crippen molar-refractivity contribution in [2.75, 3.05) is 12.4 Å². The summed E-state index contributed by atoms with van der Waals surface area (Å²) in [5.74, 6) is 1.53. The summed E-state index contributed by atoms with van der Waals surface area (Å²) in [6, 6.07) is 4.80. The first-order valence-corrected chi connectivity index (χ1v) is 5.77. The molecule has 0 saturated heterocycles. The summed E-state index contributed by atoms with van der Waals surface area (Å²) in [6.07, 6.45) is 1.95. The minimum Gasteiger partial charge on any atom is -0.494 e. The molecule has 0 aromatic heterocycles. The van der Waals surface area contributed by atoms with E-state index < -0.39 is 0 Å². The Labute approximate surface area is 100 Å². The highest BCUT2D eigenvalue weighted by molar-refractivity contribution is 7.80. The third-order valence-electron chi connectivity index (χ3n) is 2.19. The lowest BCUT2D eigenvalue weighted by molar-refractivity contribution is -0.385. The van der Waals surface area contributed by atoms with Crippen LogP contribution in [0.3, 0.4) is 0 Å². The van der Waals surface area contributed by atoms with E-state index in [1.165, 1.54) is 6.07 Å². The molecule has 88 valence electrons. The number of nitrogens with zero attached hydrogens (tertiary/aromatic N) is 1. The van der Waals surface area contributed by atoms with E-state index >= 15 is 0 Å². The zero-order valence-electron chi connectivity index (χ0n) is 9.18. The summed E-state index contributed by atoms with van der Waals surface area (Å²) in [7, 11) is 0. The van der Waals surface area contributed by atoms with Gasteiger partial charge in [0, 0.05) is 11.6 Å². The second-order valence-electron chi connectivity index (χ2n) is 3.48. The second-order valence-corrected chi connectivity index (χ2v) is 3.93. The third kappa shape index (κ3) is 3.73. The molecule has 5 heteroatoms. The van der Waals surface area contributed by atoms with Gasteiger partial charge in [-0.25, -0.2) is 0 Å². The zero-order chi connectivity index (χ0) is 12.0. The molecular weight excluding hydrogens is 226 g/mol. The Kier molecular flexibility index (Phi) is 5.11. The molecule has 0 fully saturated rings. The van der Waals surface area contributed by atoms with Crippen LogP contribution in [-0.4, -0.2) is 17.3 Å². The average molecular weight is 241 g/mol. The molecule has 0 aliphatic rings. The molecule has 0 unspecified atom stereocenters. The summed E-state index contributed by atoms with van der Waals surface area (Å²) < 4.78 is 5.47. The molecule has 0 N–H and O–H groups in total. The summed E-state index contributed by atoms with van der Waals surface area (Å²) in [6.45, 7) is 2.33. The maximum Gasteiger partial charge on any atom is 0.272 e. The fraction of sp³-hybridized carbons (Fsp3) is 0.455. The Morgan fingerprint density at radius 1 is 1.44 bits per heavy atom. The van der Waals surface area contributed by atoms with Gasteiger partial charge in [0.15, 0.2) is 0 Å². The van der Waals surface area contributed by atoms with Gasteiger partial charge in [-0.15, -0.1) is 0 Å². The molecule has 0 amide bonds. The molecule has 1 aromatic rings.